The van der Waals surface area contributed by atoms with Gasteiger partial charge in [0.25, 0.3) is 10.2 Å². The first-order valence-corrected chi connectivity index (χ1v) is 7.49. The Morgan fingerprint density at radius 2 is 1.89 bits per heavy atom. The van der Waals surface area contributed by atoms with Crippen molar-refractivity contribution >= 4 is 16.2 Å². The van der Waals surface area contributed by atoms with Gasteiger partial charge in [0.05, 0.1) is 12.5 Å². The Labute approximate surface area is 114 Å². The van der Waals surface area contributed by atoms with Crippen molar-refractivity contribution in [2.45, 2.75) is 39.7 Å². The Balaban J connectivity index is 4.26. The number of aliphatic hydroxyl groups is 1. The van der Waals surface area contributed by atoms with Gasteiger partial charge in [-0.1, -0.05) is 20.8 Å². The topological polar surface area (TPSA) is 107 Å². The number of nitrogens with zero attached hydrogens (tertiary/aromatic N) is 1. The van der Waals surface area contributed by atoms with Gasteiger partial charge in [-0.05, 0) is 11.8 Å². The van der Waals surface area contributed by atoms with Crippen molar-refractivity contribution in [1.29, 1.82) is 0 Å². The zero-order valence-electron chi connectivity index (χ0n) is 11.9. The van der Waals surface area contributed by atoms with E-state index in [0.717, 1.165) is 4.31 Å². The molecular formula is C11H24N2O5S. The Morgan fingerprint density at radius 1 is 1.37 bits per heavy atom. The molecule has 0 aliphatic rings. The zero-order chi connectivity index (χ0) is 15.3. The molecule has 0 aromatic heterocycles. The smallest absolute Gasteiger partial charge is 0.304 e. The van der Waals surface area contributed by atoms with Crippen molar-refractivity contribution in [2.75, 3.05) is 20.1 Å². The maximum Gasteiger partial charge on any atom is 0.304 e. The number of carboxylic acids is 1. The van der Waals surface area contributed by atoms with Crippen molar-refractivity contribution in [3.63, 3.8) is 0 Å². The van der Waals surface area contributed by atoms with Gasteiger partial charge < -0.3 is 10.2 Å². The summed E-state index contributed by atoms with van der Waals surface area (Å²) in [6, 6.07) is 0. The van der Waals surface area contributed by atoms with Crippen LogP contribution in [0.25, 0.3) is 0 Å². The molecule has 0 aromatic rings. The zero-order valence-corrected chi connectivity index (χ0v) is 12.7. The molecule has 1 atom stereocenters. The van der Waals surface area contributed by atoms with Gasteiger partial charge >= 0.3 is 5.97 Å². The molecule has 0 saturated heterocycles. The lowest BCUT2D eigenvalue weighted by Crippen LogP contribution is -2.42. The number of nitrogens with one attached hydrogen (secondary N) is 1. The van der Waals surface area contributed by atoms with Crippen LogP contribution in [0.4, 0.5) is 0 Å². The Hall–Kier alpha value is -0.700. The second-order valence-electron chi connectivity index (χ2n) is 5.74. The van der Waals surface area contributed by atoms with Crippen molar-refractivity contribution in [2.24, 2.45) is 5.41 Å². The van der Waals surface area contributed by atoms with E-state index in [1.165, 1.54) is 7.05 Å². The first kappa shape index (κ1) is 18.3. The van der Waals surface area contributed by atoms with Gasteiger partial charge in [0, 0.05) is 20.1 Å². The fraction of sp³-hybridized carbons (Fsp3) is 0.909. The molecule has 7 nitrogen and oxygen atoms in total. The summed E-state index contributed by atoms with van der Waals surface area (Å²) < 4.78 is 26.6. The Morgan fingerprint density at radius 3 is 2.32 bits per heavy atom. The summed E-state index contributed by atoms with van der Waals surface area (Å²) in [6.45, 7) is 5.65. The minimum Gasteiger partial charge on any atom is -0.481 e. The monoisotopic (exact) mass is 296 g/mol. The van der Waals surface area contributed by atoms with Crippen molar-refractivity contribution in [3.05, 3.63) is 0 Å². The van der Waals surface area contributed by atoms with E-state index in [0.29, 0.717) is 6.42 Å². The summed E-state index contributed by atoms with van der Waals surface area (Å²) in [7, 11) is -2.45. The number of aliphatic carboxylic acids is 1. The van der Waals surface area contributed by atoms with E-state index in [1.807, 2.05) is 20.8 Å². The molecule has 0 bridgehead atoms. The lowest BCUT2D eigenvalue weighted by Gasteiger charge is -2.23. The van der Waals surface area contributed by atoms with E-state index in [1.54, 1.807) is 0 Å². The maximum absolute atomic E-state index is 11.7. The first-order valence-electron chi connectivity index (χ1n) is 6.05. The number of aliphatic hydroxyl groups excluding tert-OH is 1. The van der Waals surface area contributed by atoms with Gasteiger partial charge in [-0.3, -0.25) is 4.79 Å². The molecule has 0 fully saturated rings. The Bertz CT molecular complexity index is 388. The average molecular weight is 296 g/mol. The minimum absolute atomic E-state index is 0.0863. The van der Waals surface area contributed by atoms with Crippen LogP contribution < -0.4 is 4.72 Å². The number of hydrogen-bond donors (Lipinski definition) is 3. The minimum atomic E-state index is -3.75. The van der Waals surface area contributed by atoms with Gasteiger partial charge in [0.2, 0.25) is 0 Å². The number of carbonyl (C=O) groups is 1. The molecular weight excluding hydrogens is 272 g/mol. The van der Waals surface area contributed by atoms with E-state index < -0.39 is 22.3 Å². The summed E-state index contributed by atoms with van der Waals surface area (Å²) in [5.41, 5.74) is -0.0972. The summed E-state index contributed by atoms with van der Waals surface area (Å²) in [5.74, 6) is -1.06. The lowest BCUT2D eigenvalue weighted by atomic mass is 9.89. The summed E-state index contributed by atoms with van der Waals surface area (Å²) >= 11 is 0. The van der Waals surface area contributed by atoms with Gasteiger partial charge in [-0.2, -0.15) is 17.4 Å². The van der Waals surface area contributed by atoms with Crippen LogP contribution in [0, 0.1) is 5.41 Å². The second-order valence-corrected chi connectivity index (χ2v) is 7.60. The van der Waals surface area contributed by atoms with Crippen LogP contribution in [0.5, 0.6) is 0 Å². The number of rotatable bonds is 8. The van der Waals surface area contributed by atoms with E-state index in [4.69, 9.17) is 5.11 Å². The van der Waals surface area contributed by atoms with E-state index in [-0.39, 0.29) is 24.9 Å². The molecule has 0 spiro atoms. The first-order chi connectivity index (χ1) is 8.44. The molecule has 19 heavy (non-hydrogen) atoms. The van der Waals surface area contributed by atoms with E-state index in [9.17, 15) is 18.3 Å². The fourth-order valence-electron chi connectivity index (χ4n) is 1.46. The van der Waals surface area contributed by atoms with Crippen molar-refractivity contribution < 1.29 is 23.4 Å². The van der Waals surface area contributed by atoms with Crippen LogP contribution in [0.2, 0.25) is 0 Å². The van der Waals surface area contributed by atoms with Crippen LogP contribution in [0.3, 0.4) is 0 Å². The van der Waals surface area contributed by atoms with Crippen molar-refractivity contribution in [3.8, 4) is 0 Å². The quantitative estimate of drug-likeness (QED) is 0.585. The van der Waals surface area contributed by atoms with Crippen LogP contribution in [-0.4, -0.2) is 55.1 Å². The molecule has 0 aliphatic heterocycles. The second kappa shape index (κ2) is 7.18. The average Bonchev–Trinajstić information content (AvgIpc) is 2.20. The standard InChI is InChI=1S/C11H24N2O5S/c1-11(2,3)7-9(14)8-12-19(17,18)13(4)6-5-10(15)16/h9,12,14H,5-8H2,1-4H3,(H,15,16). The van der Waals surface area contributed by atoms with Crippen LogP contribution in [0.15, 0.2) is 0 Å². The molecule has 0 amide bonds. The molecule has 0 rings (SSSR count). The molecule has 0 heterocycles. The molecule has 1 unspecified atom stereocenters. The summed E-state index contributed by atoms with van der Waals surface area (Å²) in [5, 5.41) is 18.2. The normalized spacial score (nSPS) is 14.6. The molecule has 0 aromatic carbocycles. The lowest BCUT2D eigenvalue weighted by molar-refractivity contribution is -0.137. The van der Waals surface area contributed by atoms with Crippen molar-refractivity contribution in [1.82, 2.24) is 9.03 Å². The highest BCUT2D eigenvalue weighted by molar-refractivity contribution is 7.87. The van der Waals surface area contributed by atoms with Gasteiger partial charge in [0.1, 0.15) is 0 Å². The largest absolute Gasteiger partial charge is 0.481 e. The van der Waals surface area contributed by atoms with E-state index >= 15 is 0 Å². The number of carboxylic acid groups (broad SMARTS) is 1. The molecule has 0 saturated carbocycles. The Kier molecular flexibility index (Phi) is 6.92. The number of hydrogen-bond acceptors (Lipinski definition) is 4. The molecule has 0 aliphatic carbocycles. The van der Waals surface area contributed by atoms with Gasteiger partial charge in [-0.15, -0.1) is 0 Å². The SMILES string of the molecule is CN(CCC(=O)O)S(=O)(=O)NCC(O)CC(C)(C)C. The predicted octanol–water partition coefficient (Wildman–Crippen LogP) is 0.0244. The third kappa shape index (κ3) is 8.93. The summed E-state index contributed by atoms with van der Waals surface area (Å²) in [4.78, 5) is 10.4. The molecule has 114 valence electrons. The highest BCUT2D eigenvalue weighted by atomic mass is 32.2. The van der Waals surface area contributed by atoms with E-state index in [2.05, 4.69) is 4.72 Å². The fourth-order valence-corrected chi connectivity index (χ4v) is 2.42. The molecule has 0 radical (unpaired) electrons. The highest BCUT2D eigenvalue weighted by Crippen LogP contribution is 2.20. The van der Waals surface area contributed by atoms with Crippen LogP contribution in [-0.2, 0) is 15.0 Å². The molecule has 3 N–H and O–H groups in total. The third-order valence-electron chi connectivity index (χ3n) is 2.40. The third-order valence-corrected chi connectivity index (χ3v) is 3.93. The molecule has 8 heteroatoms. The van der Waals surface area contributed by atoms with Gasteiger partial charge in [-0.25, -0.2) is 0 Å². The maximum atomic E-state index is 11.7. The van der Waals surface area contributed by atoms with Crippen LogP contribution in [0.1, 0.15) is 33.6 Å². The highest BCUT2D eigenvalue weighted by Gasteiger charge is 2.21. The summed E-state index contributed by atoms with van der Waals surface area (Å²) in [6.07, 6.45) is -0.571. The van der Waals surface area contributed by atoms with Gasteiger partial charge in [0.15, 0.2) is 0 Å². The predicted molar refractivity (Wildman–Crippen MR) is 71.9 cm³/mol. The van der Waals surface area contributed by atoms with Crippen LogP contribution >= 0.6 is 0 Å².